The van der Waals surface area contributed by atoms with Gasteiger partial charge >= 0.3 is 5.69 Å². The van der Waals surface area contributed by atoms with Crippen LogP contribution in [0.25, 0.3) is 0 Å². The maximum absolute atomic E-state index is 12.0. The third-order valence-electron chi connectivity index (χ3n) is 2.92. The fourth-order valence-corrected chi connectivity index (χ4v) is 1.88. The number of nitrogens with one attached hydrogen (secondary N) is 1. The topological polar surface area (TPSA) is 90.7 Å². The van der Waals surface area contributed by atoms with Crippen molar-refractivity contribution in [3.63, 3.8) is 0 Å². The van der Waals surface area contributed by atoms with E-state index in [0.29, 0.717) is 38.7 Å². The van der Waals surface area contributed by atoms with Crippen LogP contribution in [-0.2, 0) is 4.74 Å². The maximum atomic E-state index is 12.0. The standard InChI is InChI=1S/C16H24N2O5/c1-4-23-15-7-6-13(10-14(15)18(20)21)16(19)17-8-5-9-22-11-12(2)3/h6-7,10,12H,4-5,8-9,11H2,1-3H3,(H,17,19). The van der Waals surface area contributed by atoms with Crippen LogP contribution in [0.1, 0.15) is 37.6 Å². The predicted octanol–water partition coefficient (Wildman–Crippen LogP) is 2.79. The minimum Gasteiger partial charge on any atom is -0.487 e. The molecule has 0 saturated heterocycles. The van der Waals surface area contributed by atoms with E-state index in [1.807, 2.05) is 0 Å². The molecule has 0 radical (unpaired) electrons. The third-order valence-corrected chi connectivity index (χ3v) is 2.92. The molecule has 23 heavy (non-hydrogen) atoms. The lowest BCUT2D eigenvalue weighted by molar-refractivity contribution is -0.385. The molecule has 1 aromatic rings. The highest BCUT2D eigenvalue weighted by Crippen LogP contribution is 2.27. The SMILES string of the molecule is CCOc1ccc(C(=O)NCCCOCC(C)C)cc1[N+](=O)[O-]. The smallest absolute Gasteiger partial charge is 0.311 e. The Kier molecular flexibility index (Phi) is 8.04. The number of benzene rings is 1. The van der Waals surface area contributed by atoms with Crippen molar-refractivity contribution in [1.29, 1.82) is 0 Å². The van der Waals surface area contributed by atoms with E-state index in [-0.39, 0.29) is 22.9 Å². The van der Waals surface area contributed by atoms with E-state index in [9.17, 15) is 14.9 Å². The molecule has 1 rings (SSSR count). The van der Waals surface area contributed by atoms with Gasteiger partial charge in [0.05, 0.1) is 11.5 Å². The van der Waals surface area contributed by atoms with E-state index in [0.717, 1.165) is 0 Å². The lowest BCUT2D eigenvalue weighted by atomic mass is 10.1. The molecular formula is C16H24N2O5. The molecule has 128 valence electrons. The van der Waals surface area contributed by atoms with Crippen molar-refractivity contribution in [2.24, 2.45) is 5.92 Å². The van der Waals surface area contributed by atoms with Gasteiger partial charge in [-0.15, -0.1) is 0 Å². The van der Waals surface area contributed by atoms with Crippen LogP contribution in [-0.4, -0.2) is 37.2 Å². The van der Waals surface area contributed by atoms with Crippen molar-refractivity contribution in [2.45, 2.75) is 27.2 Å². The van der Waals surface area contributed by atoms with Crippen molar-refractivity contribution in [1.82, 2.24) is 5.32 Å². The van der Waals surface area contributed by atoms with Crippen molar-refractivity contribution < 1.29 is 19.2 Å². The van der Waals surface area contributed by atoms with Crippen molar-refractivity contribution in [3.05, 3.63) is 33.9 Å². The lowest BCUT2D eigenvalue weighted by Crippen LogP contribution is -2.25. The summed E-state index contributed by atoms with van der Waals surface area (Å²) in [5.74, 6) is 0.296. The molecule has 0 atom stereocenters. The van der Waals surface area contributed by atoms with Gasteiger partial charge in [-0.1, -0.05) is 13.8 Å². The van der Waals surface area contributed by atoms with E-state index >= 15 is 0 Å². The number of nitro benzene ring substituents is 1. The van der Waals surface area contributed by atoms with Gasteiger partial charge in [0.15, 0.2) is 5.75 Å². The van der Waals surface area contributed by atoms with E-state index in [4.69, 9.17) is 9.47 Å². The Morgan fingerprint density at radius 2 is 2.13 bits per heavy atom. The molecule has 1 N–H and O–H groups in total. The molecule has 1 amide bonds. The zero-order chi connectivity index (χ0) is 17.2. The van der Waals surface area contributed by atoms with E-state index < -0.39 is 4.92 Å². The summed E-state index contributed by atoms with van der Waals surface area (Å²) in [5.41, 5.74) is 0.0306. The number of carbonyl (C=O) groups excluding carboxylic acids is 1. The molecule has 0 fully saturated rings. The fraction of sp³-hybridized carbons (Fsp3) is 0.562. The number of carbonyl (C=O) groups is 1. The summed E-state index contributed by atoms with van der Waals surface area (Å²) in [6.45, 7) is 7.93. The molecule has 0 bridgehead atoms. The summed E-state index contributed by atoms with van der Waals surface area (Å²) in [6, 6.07) is 4.19. The Labute approximate surface area is 136 Å². The monoisotopic (exact) mass is 324 g/mol. The molecule has 7 nitrogen and oxygen atoms in total. The first-order valence-corrected chi connectivity index (χ1v) is 7.72. The minimum absolute atomic E-state index is 0.163. The zero-order valence-corrected chi connectivity index (χ0v) is 13.8. The molecule has 0 aliphatic carbocycles. The highest BCUT2D eigenvalue weighted by Gasteiger charge is 2.18. The molecule has 0 aromatic heterocycles. The van der Waals surface area contributed by atoms with Crippen LogP contribution in [0, 0.1) is 16.0 Å². The number of nitrogens with zero attached hydrogens (tertiary/aromatic N) is 1. The minimum atomic E-state index is -0.554. The van der Waals surface area contributed by atoms with Gasteiger partial charge in [0, 0.05) is 31.4 Å². The summed E-state index contributed by atoms with van der Waals surface area (Å²) in [7, 11) is 0. The van der Waals surface area contributed by atoms with Crippen LogP contribution in [0.3, 0.4) is 0 Å². The quantitative estimate of drug-likeness (QED) is 0.406. The van der Waals surface area contributed by atoms with E-state index in [1.54, 1.807) is 6.92 Å². The van der Waals surface area contributed by atoms with Gasteiger partial charge in [0.1, 0.15) is 0 Å². The molecule has 0 heterocycles. The second-order valence-corrected chi connectivity index (χ2v) is 5.45. The van der Waals surface area contributed by atoms with Crippen LogP contribution in [0.4, 0.5) is 5.69 Å². The van der Waals surface area contributed by atoms with Gasteiger partial charge < -0.3 is 14.8 Å². The summed E-state index contributed by atoms with van der Waals surface area (Å²) in [4.78, 5) is 22.5. The van der Waals surface area contributed by atoms with Crippen LogP contribution < -0.4 is 10.1 Å². The number of hydrogen-bond acceptors (Lipinski definition) is 5. The molecule has 0 aliphatic rings. The van der Waals surface area contributed by atoms with E-state index in [2.05, 4.69) is 19.2 Å². The summed E-state index contributed by atoms with van der Waals surface area (Å²) in [5, 5.41) is 13.8. The average molecular weight is 324 g/mol. The normalized spacial score (nSPS) is 10.6. The first kappa shape index (κ1) is 18.9. The molecule has 0 unspecified atom stereocenters. The van der Waals surface area contributed by atoms with E-state index in [1.165, 1.54) is 18.2 Å². The van der Waals surface area contributed by atoms with Crippen molar-refractivity contribution >= 4 is 11.6 Å². The van der Waals surface area contributed by atoms with Gasteiger partial charge in [0.25, 0.3) is 5.91 Å². The highest BCUT2D eigenvalue weighted by atomic mass is 16.6. The average Bonchev–Trinajstić information content (AvgIpc) is 2.50. The number of hydrogen-bond donors (Lipinski definition) is 1. The molecule has 0 saturated carbocycles. The first-order valence-electron chi connectivity index (χ1n) is 7.72. The summed E-state index contributed by atoms with van der Waals surface area (Å²) in [6.07, 6.45) is 0.692. The molecule has 0 spiro atoms. The Bertz CT molecular complexity index is 531. The van der Waals surface area contributed by atoms with Crippen LogP contribution in [0.15, 0.2) is 18.2 Å². The number of ether oxygens (including phenoxy) is 2. The Morgan fingerprint density at radius 3 is 2.74 bits per heavy atom. The van der Waals surface area contributed by atoms with Crippen LogP contribution in [0.5, 0.6) is 5.75 Å². The van der Waals surface area contributed by atoms with Crippen LogP contribution in [0.2, 0.25) is 0 Å². The second kappa shape index (κ2) is 9.78. The molecule has 7 heteroatoms. The first-order chi connectivity index (χ1) is 11.0. The Morgan fingerprint density at radius 1 is 1.39 bits per heavy atom. The van der Waals surface area contributed by atoms with Crippen LogP contribution >= 0.6 is 0 Å². The predicted molar refractivity (Wildman–Crippen MR) is 86.9 cm³/mol. The Balaban J connectivity index is 2.53. The second-order valence-electron chi connectivity index (χ2n) is 5.45. The third kappa shape index (κ3) is 6.65. The number of nitro groups is 1. The molecular weight excluding hydrogens is 300 g/mol. The van der Waals surface area contributed by atoms with Gasteiger partial charge in [-0.05, 0) is 31.4 Å². The van der Waals surface area contributed by atoms with Gasteiger partial charge in [0.2, 0.25) is 0 Å². The van der Waals surface area contributed by atoms with Crippen molar-refractivity contribution in [3.8, 4) is 5.75 Å². The highest BCUT2D eigenvalue weighted by molar-refractivity contribution is 5.95. The maximum Gasteiger partial charge on any atom is 0.311 e. The largest absolute Gasteiger partial charge is 0.487 e. The number of amides is 1. The lowest BCUT2D eigenvalue weighted by Gasteiger charge is -2.09. The van der Waals surface area contributed by atoms with Gasteiger partial charge in [-0.25, -0.2) is 0 Å². The summed E-state index contributed by atoms with van der Waals surface area (Å²) < 4.78 is 10.6. The number of rotatable bonds is 10. The fourth-order valence-electron chi connectivity index (χ4n) is 1.88. The van der Waals surface area contributed by atoms with Crippen molar-refractivity contribution in [2.75, 3.05) is 26.4 Å². The molecule has 0 aliphatic heterocycles. The Hall–Kier alpha value is -2.15. The van der Waals surface area contributed by atoms with Gasteiger partial charge in [-0.2, -0.15) is 0 Å². The van der Waals surface area contributed by atoms with Gasteiger partial charge in [-0.3, -0.25) is 14.9 Å². The summed E-state index contributed by atoms with van der Waals surface area (Å²) >= 11 is 0. The molecule has 1 aromatic carbocycles. The zero-order valence-electron chi connectivity index (χ0n) is 13.8.